The van der Waals surface area contributed by atoms with Crippen LogP contribution in [0, 0.1) is 6.92 Å². The fourth-order valence-corrected chi connectivity index (χ4v) is 3.18. The molecule has 1 aliphatic heterocycles. The van der Waals surface area contributed by atoms with Gasteiger partial charge in [0.25, 0.3) is 0 Å². The molecule has 3 rings (SSSR count). The lowest BCUT2D eigenvalue weighted by Crippen LogP contribution is -2.44. The lowest BCUT2D eigenvalue weighted by Gasteiger charge is -2.29. The SMILES string of the molecule is COc1ccc2c(c1)OC(C)(C)CN(C(=O)Nc1nnc(C)s1)C2. The second-order valence-electron chi connectivity index (χ2n) is 6.25. The van der Waals surface area contributed by atoms with Crippen LogP contribution < -0.4 is 14.8 Å². The first-order chi connectivity index (χ1) is 11.4. The lowest BCUT2D eigenvalue weighted by atomic mass is 10.1. The number of urea groups is 1. The second kappa shape index (κ2) is 6.27. The predicted molar refractivity (Wildman–Crippen MR) is 91.8 cm³/mol. The molecular formula is C16H20N4O3S. The first kappa shape index (κ1) is 16.5. The van der Waals surface area contributed by atoms with Crippen LogP contribution in [0.25, 0.3) is 0 Å². The lowest BCUT2D eigenvalue weighted by molar-refractivity contribution is 0.0833. The van der Waals surface area contributed by atoms with Gasteiger partial charge in [-0.2, -0.15) is 0 Å². The van der Waals surface area contributed by atoms with E-state index in [0.717, 1.165) is 22.1 Å². The Kier molecular flexibility index (Phi) is 4.31. The van der Waals surface area contributed by atoms with E-state index in [1.165, 1.54) is 11.3 Å². The van der Waals surface area contributed by atoms with Crippen molar-refractivity contribution in [2.24, 2.45) is 0 Å². The van der Waals surface area contributed by atoms with Gasteiger partial charge >= 0.3 is 6.03 Å². The quantitative estimate of drug-likeness (QED) is 0.902. The molecule has 0 atom stereocenters. The van der Waals surface area contributed by atoms with Crippen molar-refractivity contribution in [1.29, 1.82) is 0 Å². The molecular weight excluding hydrogens is 328 g/mol. The molecule has 1 N–H and O–H groups in total. The summed E-state index contributed by atoms with van der Waals surface area (Å²) in [5, 5.41) is 12.0. The summed E-state index contributed by atoms with van der Waals surface area (Å²) in [6, 6.07) is 5.42. The molecule has 0 bridgehead atoms. The summed E-state index contributed by atoms with van der Waals surface area (Å²) in [7, 11) is 1.62. The molecule has 0 fully saturated rings. The van der Waals surface area contributed by atoms with E-state index in [2.05, 4.69) is 15.5 Å². The minimum absolute atomic E-state index is 0.216. The van der Waals surface area contributed by atoms with E-state index in [1.807, 2.05) is 39.0 Å². The number of benzene rings is 1. The zero-order chi connectivity index (χ0) is 17.3. The number of fused-ring (bicyclic) bond motifs is 1. The van der Waals surface area contributed by atoms with E-state index in [-0.39, 0.29) is 6.03 Å². The molecule has 24 heavy (non-hydrogen) atoms. The minimum atomic E-state index is -0.522. The Morgan fingerprint density at radius 2 is 2.21 bits per heavy atom. The largest absolute Gasteiger partial charge is 0.497 e. The Labute approximate surface area is 144 Å². The van der Waals surface area contributed by atoms with Gasteiger partial charge in [0, 0.05) is 11.6 Å². The Hall–Kier alpha value is -2.35. The Morgan fingerprint density at radius 1 is 1.42 bits per heavy atom. The molecule has 8 heteroatoms. The normalized spacial score (nSPS) is 15.9. The predicted octanol–water partition coefficient (Wildman–Crippen LogP) is 3.06. The number of aromatic nitrogens is 2. The molecule has 2 amide bonds. The molecule has 0 saturated heterocycles. The molecule has 0 unspecified atom stereocenters. The Bertz CT molecular complexity index is 760. The molecule has 0 saturated carbocycles. The molecule has 0 aliphatic carbocycles. The number of ether oxygens (including phenoxy) is 2. The van der Waals surface area contributed by atoms with Gasteiger partial charge in [-0.25, -0.2) is 4.79 Å². The summed E-state index contributed by atoms with van der Waals surface area (Å²) < 4.78 is 11.4. The molecule has 1 aromatic heterocycles. The second-order valence-corrected chi connectivity index (χ2v) is 7.43. The molecule has 2 heterocycles. The third-order valence-electron chi connectivity index (χ3n) is 3.62. The number of carbonyl (C=O) groups is 1. The standard InChI is InChI=1S/C16H20N4O3S/c1-10-18-19-14(24-10)17-15(21)20-8-11-5-6-12(22-4)7-13(11)23-16(2,3)9-20/h5-7H,8-9H2,1-4H3,(H,17,19,21). The van der Waals surface area contributed by atoms with Gasteiger partial charge in [0.1, 0.15) is 22.1 Å². The maximum Gasteiger partial charge on any atom is 0.324 e. The fraction of sp³-hybridized carbons (Fsp3) is 0.438. The van der Waals surface area contributed by atoms with Crippen LogP contribution in [0.5, 0.6) is 11.5 Å². The minimum Gasteiger partial charge on any atom is -0.497 e. The highest BCUT2D eigenvalue weighted by molar-refractivity contribution is 7.15. The van der Waals surface area contributed by atoms with Gasteiger partial charge in [0.15, 0.2) is 0 Å². The summed E-state index contributed by atoms with van der Waals surface area (Å²) in [4.78, 5) is 14.3. The maximum atomic E-state index is 12.6. The van der Waals surface area contributed by atoms with Crippen molar-refractivity contribution in [3.8, 4) is 11.5 Å². The van der Waals surface area contributed by atoms with Gasteiger partial charge in [0.05, 0.1) is 20.2 Å². The van der Waals surface area contributed by atoms with Crippen LogP contribution in [0.2, 0.25) is 0 Å². The average Bonchev–Trinajstić information content (AvgIpc) is 2.85. The molecule has 2 aromatic rings. The molecule has 7 nitrogen and oxygen atoms in total. The third-order valence-corrected chi connectivity index (χ3v) is 4.37. The van der Waals surface area contributed by atoms with Crippen molar-refractivity contribution in [1.82, 2.24) is 15.1 Å². The topological polar surface area (TPSA) is 76.6 Å². The molecule has 1 aromatic carbocycles. The van der Waals surface area contributed by atoms with Crippen molar-refractivity contribution in [2.45, 2.75) is 32.9 Å². The summed E-state index contributed by atoms with van der Waals surface area (Å²) in [6.07, 6.45) is 0. The fourth-order valence-electron chi connectivity index (χ4n) is 2.60. The van der Waals surface area contributed by atoms with Crippen molar-refractivity contribution in [3.63, 3.8) is 0 Å². The summed E-state index contributed by atoms with van der Waals surface area (Å²) in [5.41, 5.74) is 0.413. The molecule has 0 spiro atoms. The average molecular weight is 348 g/mol. The van der Waals surface area contributed by atoms with Gasteiger partial charge in [0.2, 0.25) is 5.13 Å². The number of rotatable bonds is 2. The van der Waals surface area contributed by atoms with Crippen molar-refractivity contribution in [3.05, 3.63) is 28.8 Å². The monoisotopic (exact) mass is 348 g/mol. The maximum absolute atomic E-state index is 12.6. The van der Waals surface area contributed by atoms with Gasteiger partial charge in [-0.1, -0.05) is 11.3 Å². The van der Waals surface area contributed by atoms with E-state index >= 15 is 0 Å². The van der Waals surface area contributed by atoms with Gasteiger partial charge in [-0.05, 0) is 32.9 Å². The van der Waals surface area contributed by atoms with Crippen LogP contribution in [0.3, 0.4) is 0 Å². The number of nitrogens with one attached hydrogen (secondary N) is 1. The van der Waals surface area contributed by atoms with E-state index < -0.39 is 5.60 Å². The van der Waals surface area contributed by atoms with E-state index in [0.29, 0.717) is 18.2 Å². The highest BCUT2D eigenvalue weighted by atomic mass is 32.1. The number of nitrogens with zero attached hydrogens (tertiary/aromatic N) is 3. The highest BCUT2D eigenvalue weighted by Gasteiger charge is 2.32. The van der Waals surface area contributed by atoms with Crippen LogP contribution >= 0.6 is 11.3 Å². The molecule has 0 radical (unpaired) electrons. The number of anilines is 1. The Morgan fingerprint density at radius 3 is 2.88 bits per heavy atom. The van der Waals surface area contributed by atoms with Crippen molar-refractivity contribution in [2.75, 3.05) is 19.0 Å². The van der Waals surface area contributed by atoms with Crippen LogP contribution in [-0.4, -0.2) is 40.4 Å². The van der Waals surface area contributed by atoms with Crippen LogP contribution in [0.1, 0.15) is 24.4 Å². The zero-order valence-electron chi connectivity index (χ0n) is 14.1. The zero-order valence-corrected chi connectivity index (χ0v) is 14.9. The smallest absolute Gasteiger partial charge is 0.324 e. The summed E-state index contributed by atoms with van der Waals surface area (Å²) in [6.45, 7) is 6.66. The van der Waals surface area contributed by atoms with Gasteiger partial charge in [-0.15, -0.1) is 10.2 Å². The molecule has 128 valence electrons. The first-order valence-corrected chi connectivity index (χ1v) is 8.40. The van der Waals surface area contributed by atoms with E-state index in [9.17, 15) is 4.79 Å². The number of hydrogen-bond acceptors (Lipinski definition) is 6. The molecule has 1 aliphatic rings. The number of carbonyl (C=O) groups excluding carboxylic acids is 1. The third kappa shape index (κ3) is 3.59. The number of hydrogen-bond donors (Lipinski definition) is 1. The Balaban J connectivity index is 1.84. The van der Waals surface area contributed by atoms with E-state index in [4.69, 9.17) is 9.47 Å². The van der Waals surface area contributed by atoms with Gasteiger partial charge in [-0.3, -0.25) is 5.32 Å². The van der Waals surface area contributed by atoms with E-state index in [1.54, 1.807) is 12.0 Å². The van der Waals surface area contributed by atoms with Crippen molar-refractivity contribution >= 4 is 22.5 Å². The summed E-state index contributed by atoms with van der Waals surface area (Å²) in [5.74, 6) is 1.47. The van der Waals surface area contributed by atoms with Crippen LogP contribution in [0.4, 0.5) is 9.93 Å². The van der Waals surface area contributed by atoms with Gasteiger partial charge < -0.3 is 14.4 Å². The summed E-state index contributed by atoms with van der Waals surface area (Å²) >= 11 is 1.35. The number of aryl methyl sites for hydroxylation is 1. The number of methoxy groups -OCH3 is 1. The van der Waals surface area contributed by atoms with Crippen LogP contribution in [0.15, 0.2) is 18.2 Å². The van der Waals surface area contributed by atoms with Crippen LogP contribution in [-0.2, 0) is 6.54 Å². The van der Waals surface area contributed by atoms with Crippen molar-refractivity contribution < 1.29 is 14.3 Å². The first-order valence-electron chi connectivity index (χ1n) is 7.58. The number of amides is 2. The highest BCUT2D eigenvalue weighted by Crippen LogP contribution is 2.32.